The molecule has 7 nitrogen and oxygen atoms in total. The van der Waals surface area contributed by atoms with Crippen LogP contribution in [0.15, 0.2) is 42.6 Å². The van der Waals surface area contributed by atoms with Crippen molar-refractivity contribution in [3.8, 4) is 5.75 Å². The zero-order valence-electron chi connectivity index (χ0n) is 20.5. The van der Waals surface area contributed by atoms with Crippen LogP contribution < -0.4 is 4.74 Å². The van der Waals surface area contributed by atoms with Crippen LogP contribution in [0.25, 0.3) is 11.0 Å². The lowest BCUT2D eigenvalue weighted by Gasteiger charge is -2.13. The average molecular weight is 494 g/mol. The molecule has 0 N–H and O–H groups in total. The number of rotatable bonds is 8. The fourth-order valence-electron chi connectivity index (χ4n) is 4.18. The third-order valence-corrected chi connectivity index (χ3v) is 6.27. The predicted molar refractivity (Wildman–Crippen MR) is 135 cm³/mol. The minimum Gasteiger partial charge on any atom is -0.489 e. The Balaban J connectivity index is 1.65. The molecule has 0 bridgehead atoms. The molecule has 0 unspecified atom stereocenters. The predicted octanol–water partition coefficient (Wildman–Crippen LogP) is 5.57. The number of imidazole rings is 1. The number of pyridine rings is 1. The van der Waals surface area contributed by atoms with E-state index in [-0.39, 0.29) is 12.6 Å². The van der Waals surface area contributed by atoms with E-state index >= 15 is 0 Å². The van der Waals surface area contributed by atoms with Crippen molar-refractivity contribution in [2.24, 2.45) is 0 Å². The summed E-state index contributed by atoms with van der Waals surface area (Å²) in [7, 11) is 3.02. The third-order valence-electron chi connectivity index (χ3n) is 5.94. The Kier molecular flexibility index (Phi) is 7.38. The molecule has 0 radical (unpaired) electrons. The summed E-state index contributed by atoms with van der Waals surface area (Å²) < 4.78 is 18.4. The fraction of sp³-hybridized carbons (Fsp3) is 0.296. The minimum absolute atomic E-state index is 0.235. The number of ether oxygens (including phenoxy) is 3. The van der Waals surface area contributed by atoms with E-state index in [0.717, 1.165) is 44.8 Å². The smallest absolute Gasteiger partial charge is 0.338 e. The molecule has 35 heavy (non-hydrogen) atoms. The lowest BCUT2D eigenvalue weighted by atomic mass is 10.0. The van der Waals surface area contributed by atoms with E-state index in [0.29, 0.717) is 29.5 Å². The summed E-state index contributed by atoms with van der Waals surface area (Å²) in [6, 6.07) is 11.5. The minimum atomic E-state index is -0.372. The topological polar surface area (TPSA) is 75.5 Å². The van der Waals surface area contributed by atoms with Gasteiger partial charge in [-0.3, -0.25) is 4.98 Å². The lowest BCUT2D eigenvalue weighted by molar-refractivity contribution is 0.0597. The fourth-order valence-corrected chi connectivity index (χ4v) is 4.43. The van der Waals surface area contributed by atoms with Crippen LogP contribution in [-0.2, 0) is 29.2 Å². The molecule has 4 aromatic rings. The molecular weight excluding hydrogens is 466 g/mol. The van der Waals surface area contributed by atoms with Gasteiger partial charge in [0.1, 0.15) is 18.2 Å². The molecule has 0 saturated carbocycles. The highest BCUT2D eigenvalue weighted by atomic mass is 35.5. The molecule has 2 aromatic heterocycles. The summed E-state index contributed by atoms with van der Waals surface area (Å²) in [5.41, 5.74) is 6.63. The molecular formula is C27H28ClN3O4. The van der Waals surface area contributed by atoms with Crippen LogP contribution in [0.2, 0.25) is 5.02 Å². The van der Waals surface area contributed by atoms with Gasteiger partial charge in [0.25, 0.3) is 0 Å². The first-order valence-electron chi connectivity index (χ1n) is 11.2. The van der Waals surface area contributed by atoms with Crippen LogP contribution >= 0.6 is 11.6 Å². The van der Waals surface area contributed by atoms with E-state index in [1.807, 2.05) is 57.2 Å². The quantitative estimate of drug-likeness (QED) is 0.299. The number of halogens is 1. The Morgan fingerprint density at radius 2 is 1.86 bits per heavy atom. The van der Waals surface area contributed by atoms with Gasteiger partial charge in [-0.1, -0.05) is 29.8 Å². The summed E-state index contributed by atoms with van der Waals surface area (Å²) in [5.74, 6) is 1.16. The van der Waals surface area contributed by atoms with Crippen molar-refractivity contribution in [2.45, 2.75) is 40.5 Å². The lowest BCUT2D eigenvalue weighted by Crippen LogP contribution is -2.10. The first-order valence-corrected chi connectivity index (χ1v) is 11.6. The van der Waals surface area contributed by atoms with Crippen LogP contribution in [0.5, 0.6) is 5.75 Å². The van der Waals surface area contributed by atoms with Crippen molar-refractivity contribution in [3.05, 3.63) is 87.0 Å². The van der Waals surface area contributed by atoms with E-state index in [1.165, 1.54) is 7.11 Å². The van der Waals surface area contributed by atoms with Gasteiger partial charge < -0.3 is 18.8 Å². The highest BCUT2D eigenvalue weighted by Crippen LogP contribution is 2.28. The maximum atomic E-state index is 12.3. The van der Waals surface area contributed by atoms with Crippen LogP contribution in [0.3, 0.4) is 0 Å². The van der Waals surface area contributed by atoms with Crippen LogP contribution in [0.4, 0.5) is 0 Å². The van der Waals surface area contributed by atoms with E-state index < -0.39 is 0 Å². The largest absolute Gasteiger partial charge is 0.489 e. The number of hydrogen-bond acceptors (Lipinski definition) is 6. The number of esters is 1. The molecule has 0 saturated heterocycles. The molecule has 0 amide bonds. The molecule has 0 spiro atoms. The van der Waals surface area contributed by atoms with Gasteiger partial charge >= 0.3 is 5.97 Å². The number of carbonyl (C=O) groups excluding carboxylic acids is 1. The molecule has 2 aromatic carbocycles. The zero-order valence-corrected chi connectivity index (χ0v) is 21.3. The Bertz CT molecular complexity index is 1400. The van der Waals surface area contributed by atoms with Gasteiger partial charge in [-0.2, -0.15) is 0 Å². The summed E-state index contributed by atoms with van der Waals surface area (Å²) in [6.07, 6.45) is 1.78. The number of hydrogen-bond donors (Lipinski definition) is 0. The van der Waals surface area contributed by atoms with Crippen molar-refractivity contribution in [1.29, 1.82) is 0 Å². The molecule has 0 aliphatic heterocycles. The number of carbonyl (C=O) groups is 1. The van der Waals surface area contributed by atoms with Gasteiger partial charge in [0.05, 0.1) is 47.6 Å². The van der Waals surface area contributed by atoms with E-state index in [1.54, 1.807) is 13.3 Å². The average Bonchev–Trinajstić information content (AvgIpc) is 3.14. The third kappa shape index (κ3) is 5.16. The van der Waals surface area contributed by atoms with Gasteiger partial charge in [0.2, 0.25) is 0 Å². The Morgan fingerprint density at radius 1 is 1.06 bits per heavy atom. The summed E-state index contributed by atoms with van der Waals surface area (Å²) in [5, 5.41) is 0.583. The van der Waals surface area contributed by atoms with Crippen LogP contribution in [0.1, 0.15) is 44.1 Å². The first kappa shape index (κ1) is 24.7. The molecule has 0 aliphatic rings. The SMILES string of the molecule is COCc1cnc(Cn2c(C)nc3c(C)cc(OCc4cccc(C)c4C(=O)OC)cc32)c(Cl)c1. The molecule has 2 heterocycles. The summed E-state index contributed by atoms with van der Waals surface area (Å²) in [4.78, 5) is 21.6. The number of benzene rings is 2. The molecule has 0 fully saturated rings. The maximum absolute atomic E-state index is 12.3. The van der Waals surface area contributed by atoms with Crippen molar-refractivity contribution < 1.29 is 19.0 Å². The Labute approximate surface area is 209 Å². The van der Waals surface area contributed by atoms with E-state index in [9.17, 15) is 4.79 Å². The van der Waals surface area contributed by atoms with Crippen molar-refractivity contribution in [3.63, 3.8) is 0 Å². The molecule has 8 heteroatoms. The number of fused-ring (bicyclic) bond motifs is 1. The van der Waals surface area contributed by atoms with Gasteiger partial charge in [-0.15, -0.1) is 0 Å². The number of nitrogens with zero attached hydrogens (tertiary/aromatic N) is 3. The Morgan fingerprint density at radius 3 is 2.57 bits per heavy atom. The van der Waals surface area contributed by atoms with Gasteiger partial charge in [-0.05, 0) is 49.6 Å². The second kappa shape index (κ2) is 10.5. The first-order chi connectivity index (χ1) is 16.8. The van der Waals surface area contributed by atoms with E-state index in [4.69, 9.17) is 30.8 Å². The summed E-state index contributed by atoms with van der Waals surface area (Å²) in [6.45, 7) is 7.01. The molecule has 0 aliphatic carbocycles. The van der Waals surface area contributed by atoms with Gasteiger partial charge in [0, 0.05) is 24.9 Å². The monoisotopic (exact) mass is 493 g/mol. The molecule has 182 valence electrons. The highest BCUT2D eigenvalue weighted by Gasteiger charge is 2.17. The van der Waals surface area contributed by atoms with Crippen molar-refractivity contribution >= 4 is 28.6 Å². The van der Waals surface area contributed by atoms with Crippen LogP contribution in [0, 0.1) is 20.8 Å². The Hall–Kier alpha value is -3.42. The van der Waals surface area contributed by atoms with Gasteiger partial charge in [0.15, 0.2) is 0 Å². The van der Waals surface area contributed by atoms with E-state index in [2.05, 4.69) is 9.55 Å². The summed E-state index contributed by atoms with van der Waals surface area (Å²) >= 11 is 6.52. The molecule has 4 rings (SSSR count). The van der Waals surface area contributed by atoms with Crippen LogP contribution in [-0.4, -0.2) is 34.7 Å². The second-order valence-corrected chi connectivity index (χ2v) is 8.85. The second-order valence-electron chi connectivity index (χ2n) is 8.45. The van der Waals surface area contributed by atoms with Gasteiger partial charge in [-0.25, -0.2) is 9.78 Å². The number of aromatic nitrogens is 3. The number of methoxy groups -OCH3 is 2. The van der Waals surface area contributed by atoms with Crippen molar-refractivity contribution in [1.82, 2.24) is 14.5 Å². The normalized spacial score (nSPS) is 11.1. The standard InChI is InChI=1S/C27H28ClN3O4/c1-16-7-6-8-20(25(16)27(32)34-5)15-35-21-9-17(2)26-24(11-21)31(18(3)30-26)13-23-22(28)10-19(12-29-23)14-33-4/h6-12H,13-15H2,1-5H3. The highest BCUT2D eigenvalue weighted by molar-refractivity contribution is 6.31. The maximum Gasteiger partial charge on any atom is 0.338 e. The zero-order chi connectivity index (χ0) is 25.1. The number of aryl methyl sites for hydroxylation is 3. The van der Waals surface area contributed by atoms with Crippen molar-refractivity contribution in [2.75, 3.05) is 14.2 Å². The molecule has 0 atom stereocenters.